The molecule has 0 saturated carbocycles. The number of amides is 2. The van der Waals surface area contributed by atoms with E-state index in [0.29, 0.717) is 105 Å². The number of anilines is 1. The number of H-pyrrole nitrogens is 1. The molecule has 38 heteroatoms. The number of carboxylic acid groups (broad SMARTS) is 1. The first-order chi connectivity index (χ1) is 46.1. The number of nitrogens with zero attached hydrogens (tertiary/aromatic N) is 2. The summed E-state index contributed by atoms with van der Waals surface area (Å²) in [5.74, 6) is 5.46. The topological polar surface area (TPSA) is 424 Å². The minimum atomic E-state index is -5.79. The molecule has 1 aromatic heterocycles. The molecule has 3 aliphatic rings. The predicted octanol–water partition coefficient (Wildman–Crippen LogP) is 8.46. The molecule has 5 atom stereocenters. The highest BCUT2D eigenvalue weighted by Crippen LogP contribution is 2.66. The molecule has 1 aliphatic carbocycles. The monoisotopic (exact) mass is 1490 g/mol. The number of carboxylic acids is 1. The Bertz CT molecular complexity index is 3850. The van der Waals surface area contributed by atoms with Crippen LogP contribution >= 0.6 is 66.6 Å². The van der Waals surface area contributed by atoms with E-state index >= 15 is 0 Å². The number of ether oxygens (including phenoxy) is 6. The zero-order valence-corrected chi connectivity index (χ0v) is 60.3. The standard InChI is InChI=1S/C59H82N7O24P3S4/c1-8-60-46-31-48-44(28-38(46)4)53(45-29-39(5)47(61-9-2)32-49(45)87-48)43-30-40(15-16-42(43)56(69)70)54(67)62-19-24-80-26-27-81-25-20-64-85-23-17-59(6,7)97-96-36-82-21-11-12-22-83-58(72)63-18-13-14-41-34-66(57(71)65-55(41)68)52-33-50(84-37-95-94-10-3)51(88-52)35-86-92(76,77)90-93(78,79)89-91(73,74)75/h15-16,28-32,34,50-52,60,64H,8-12,17-27,33,35-37H2,1-7H3,(H,62,67)(H,63,72)(H,69,70)(H,76,77)(H,78,79)(H,65,68,71)(H2,73,74,75)/t50-,51+,52?/m0/s1. The Morgan fingerprint density at radius 1 is 0.835 bits per heavy atom. The van der Waals surface area contributed by atoms with Crippen molar-refractivity contribution in [1.82, 2.24) is 25.7 Å². The molecule has 3 unspecified atom stereocenters. The summed E-state index contributed by atoms with van der Waals surface area (Å²) >= 11 is 0. The second kappa shape index (κ2) is 39.8. The maximum absolute atomic E-state index is 13.5. The van der Waals surface area contributed by atoms with Gasteiger partial charge in [0.15, 0.2) is 0 Å². The van der Waals surface area contributed by atoms with Crippen LogP contribution in [0.25, 0.3) is 33.4 Å². The average molecular weight is 1490 g/mol. The van der Waals surface area contributed by atoms with Gasteiger partial charge in [-0.2, -0.15) is 8.62 Å². The summed E-state index contributed by atoms with van der Waals surface area (Å²) in [5, 5.41) is 20.6. The average Bonchev–Trinajstić information content (AvgIpc) is 1.25. The molecule has 2 aromatic carbocycles. The molecule has 3 heterocycles. The Morgan fingerprint density at radius 2 is 1.59 bits per heavy atom. The van der Waals surface area contributed by atoms with Crippen LogP contribution in [0.4, 0.5) is 10.5 Å². The summed E-state index contributed by atoms with van der Waals surface area (Å²) in [6, 6.07) is 12.3. The quantitative estimate of drug-likeness (QED) is 0.00333. The fraction of sp³-hybridized carbons (Fsp3) is 0.525. The predicted molar refractivity (Wildman–Crippen MR) is 368 cm³/mol. The smallest absolute Gasteiger partial charge is 0.478 e. The third kappa shape index (κ3) is 27.1. The molecule has 2 aliphatic heterocycles. The lowest BCUT2D eigenvalue weighted by Crippen LogP contribution is -2.34. The van der Waals surface area contributed by atoms with Crippen molar-refractivity contribution in [3.63, 3.8) is 0 Å². The van der Waals surface area contributed by atoms with Crippen LogP contribution in [0.3, 0.4) is 0 Å². The van der Waals surface area contributed by atoms with Gasteiger partial charge in [-0.25, -0.2) is 33.6 Å². The van der Waals surface area contributed by atoms with Crippen LogP contribution in [0, 0.1) is 25.7 Å². The first-order valence-corrected chi connectivity index (χ1v) is 39.8. The summed E-state index contributed by atoms with van der Waals surface area (Å²) in [6.45, 7) is 17.1. The molecule has 2 amide bonds. The maximum atomic E-state index is 13.5. The number of aromatic nitrogens is 2. The highest BCUT2D eigenvalue weighted by molar-refractivity contribution is 8.77. The molecule has 0 bridgehead atoms. The molecular formula is C59H82N7O24P3S4. The van der Waals surface area contributed by atoms with E-state index in [4.69, 9.17) is 52.0 Å². The number of aryl methyl sites for hydroxylation is 2. The highest BCUT2D eigenvalue weighted by Gasteiger charge is 2.44. The molecule has 31 nitrogen and oxygen atoms in total. The number of hydrogen-bond acceptors (Lipinski definition) is 26. The van der Waals surface area contributed by atoms with Crippen LogP contribution < -0.4 is 38.0 Å². The summed E-state index contributed by atoms with van der Waals surface area (Å²) < 4.78 is 88.8. The first kappa shape index (κ1) is 80.9. The van der Waals surface area contributed by atoms with Crippen molar-refractivity contribution in [2.45, 2.75) is 97.3 Å². The number of unbranched alkanes of at least 4 members (excludes halogenated alkanes) is 1. The number of benzene rings is 3. The van der Waals surface area contributed by atoms with Crippen molar-refractivity contribution in [1.29, 1.82) is 0 Å². The number of hydrogen-bond donors (Lipinski definition) is 10. The number of carbonyl (C=O) groups is 3. The number of carbonyl (C=O) groups excluding carboxylic acids is 2. The molecule has 97 heavy (non-hydrogen) atoms. The Labute approximate surface area is 575 Å². The van der Waals surface area contributed by atoms with Crippen molar-refractivity contribution in [3.05, 3.63) is 103 Å². The largest absolute Gasteiger partial charge is 0.490 e. The summed E-state index contributed by atoms with van der Waals surface area (Å²) in [6.07, 6.45) is -1.16. The normalized spacial score (nSPS) is 16.4. The Kier molecular flexibility index (Phi) is 33.2. The van der Waals surface area contributed by atoms with E-state index in [0.717, 1.165) is 45.1 Å². The number of hydroxylamine groups is 1. The van der Waals surface area contributed by atoms with Gasteiger partial charge in [0.05, 0.1) is 69.8 Å². The zero-order valence-electron chi connectivity index (χ0n) is 54.4. The third-order valence-electron chi connectivity index (χ3n) is 13.7. The van der Waals surface area contributed by atoms with E-state index in [1.54, 1.807) is 27.7 Å². The molecule has 6 rings (SSSR count). The molecule has 10 N–H and O–H groups in total. The van der Waals surface area contributed by atoms with Gasteiger partial charge in [0.2, 0.25) is 0 Å². The van der Waals surface area contributed by atoms with Crippen molar-refractivity contribution < 1.29 is 104 Å². The van der Waals surface area contributed by atoms with Gasteiger partial charge < -0.3 is 78.3 Å². The van der Waals surface area contributed by atoms with Crippen LogP contribution in [0.2, 0.25) is 0 Å². The number of alkyl carbamates (subject to hydrolysis) is 1. The SMILES string of the molecule is CCN=c1cc2oc3cc(NCC)c(C)cc3c(-c3cc(C(=O)NCCOCCOCCNOCCC(C)(C)SSCOCCCCOC(=O)NCC#Cc4cn(C5C[C@H](OCSSCC)[C@@H](COP(=O)(O)OP(=O)(O)OP(=O)(O)O)O5)c(=O)[nH]c4=O)ccc3C(=O)O)c-2cc1C. The Hall–Kier alpha value is -5.09. The molecule has 0 spiro atoms. The fourth-order valence-electron chi connectivity index (χ4n) is 9.28. The maximum Gasteiger partial charge on any atom is 0.490 e. The summed E-state index contributed by atoms with van der Waals surface area (Å²) in [4.78, 5) is 114. The molecule has 1 fully saturated rings. The Balaban J connectivity index is 0.799. The van der Waals surface area contributed by atoms with Gasteiger partial charge in [0, 0.05) is 95.8 Å². The number of aromatic amines is 1. The molecule has 536 valence electrons. The van der Waals surface area contributed by atoms with E-state index in [-0.39, 0.29) is 66.0 Å². The van der Waals surface area contributed by atoms with Gasteiger partial charge in [0.1, 0.15) is 41.1 Å². The number of phosphoric ester groups is 1. The van der Waals surface area contributed by atoms with Gasteiger partial charge in [-0.15, -0.1) is 0 Å². The first-order valence-electron chi connectivity index (χ1n) is 30.5. The van der Waals surface area contributed by atoms with Crippen LogP contribution in [0.1, 0.15) is 104 Å². The lowest BCUT2D eigenvalue weighted by Gasteiger charge is -2.22. The molecule has 0 radical (unpaired) electrons. The third-order valence-corrected chi connectivity index (χ3v) is 22.7. The van der Waals surface area contributed by atoms with Crippen molar-refractivity contribution in [2.24, 2.45) is 4.99 Å². The van der Waals surface area contributed by atoms with Gasteiger partial charge in [-0.3, -0.25) is 28.7 Å². The second-order valence-electron chi connectivity index (χ2n) is 21.6. The van der Waals surface area contributed by atoms with Gasteiger partial charge in [-0.05, 0) is 108 Å². The lowest BCUT2D eigenvalue weighted by atomic mass is 9.88. The fourth-order valence-corrected chi connectivity index (χ4v) is 15.9. The summed E-state index contributed by atoms with van der Waals surface area (Å²) in [5.41, 5.74) is 6.29. The van der Waals surface area contributed by atoms with Gasteiger partial charge in [0.25, 0.3) is 11.5 Å². The van der Waals surface area contributed by atoms with E-state index in [1.165, 1.54) is 33.7 Å². The number of rotatable bonds is 42. The van der Waals surface area contributed by atoms with Crippen LogP contribution in [-0.4, -0.2) is 172 Å². The van der Waals surface area contributed by atoms with E-state index in [2.05, 4.69) is 65.7 Å². The van der Waals surface area contributed by atoms with E-state index < -0.39 is 71.8 Å². The number of nitrogens with one attached hydrogen (secondary N) is 5. The molecule has 1 saturated heterocycles. The number of fused-ring (bicyclic) bond motifs is 2. The minimum Gasteiger partial charge on any atom is -0.478 e. The van der Waals surface area contributed by atoms with Gasteiger partial charge >= 0.3 is 41.2 Å². The van der Waals surface area contributed by atoms with Crippen LogP contribution in [-0.2, 0) is 60.1 Å². The van der Waals surface area contributed by atoms with Crippen LogP contribution in [0.15, 0.2) is 67.7 Å². The number of aromatic carboxylic acids is 1. The highest BCUT2D eigenvalue weighted by atomic mass is 33.1. The molecule has 3 aromatic rings. The van der Waals surface area contributed by atoms with E-state index in [1.807, 2.05) is 58.9 Å². The zero-order chi connectivity index (χ0) is 70.8. The summed E-state index contributed by atoms with van der Waals surface area (Å²) in [7, 11) is -10.9. The lowest BCUT2D eigenvalue weighted by molar-refractivity contribution is -0.0543. The van der Waals surface area contributed by atoms with Crippen molar-refractivity contribution in [2.75, 3.05) is 109 Å². The van der Waals surface area contributed by atoms with Crippen molar-refractivity contribution in [3.8, 4) is 34.3 Å². The number of phosphoric acid groups is 3. The molecular weight excluding hydrogens is 1410 g/mol. The second-order valence-corrected chi connectivity index (χ2v) is 31.7. The van der Waals surface area contributed by atoms with Gasteiger partial charge in [-0.1, -0.05) is 61.9 Å². The minimum absolute atomic E-state index is 0.0409. The van der Waals surface area contributed by atoms with Crippen molar-refractivity contribution >= 4 is 101 Å². The van der Waals surface area contributed by atoms with Crippen LogP contribution in [0.5, 0.6) is 0 Å². The Morgan fingerprint density at radius 3 is 2.31 bits per heavy atom. The van der Waals surface area contributed by atoms with E-state index in [9.17, 15) is 52.6 Å².